The lowest BCUT2D eigenvalue weighted by molar-refractivity contribution is -0.229. The van der Waals surface area contributed by atoms with Gasteiger partial charge in [-0.1, -0.05) is 106 Å². The molecule has 23 nitrogen and oxygen atoms in total. The highest BCUT2D eigenvalue weighted by atomic mass is 32.2. The quantitative estimate of drug-likeness (QED) is 0.0146. The number of benzene rings is 6. The van der Waals surface area contributed by atoms with Crippen LogP contribution in [0.5, 0.6) is 23.0 Å². The van der Waals surface area contributed by atoms with Crippen LogP contribution in [0, 0.1) is 51.4 Å². The molecule has 0 spiro atoms. The van der Waals surface area contributed by atoms with Crippen molar-refractivity contribution in [2.75, 3.05) is 58.4 Å². The highest BCUT2D eigenvalue weighted by molar-refractivity contribution is 7.99. The van der Waals surface area contributed by atoms with E-state index in [0.717, 1.165) is 65.3 Å². The second-order valence-electron chi connectivity index (χ2n) is 32.9. The van der Waals surface area contributed by atoms with Crippen LogP contribution in [0.2, 0.25) is 0 Å². The molecule has 13 rings (SSSR count). The zero-order valence-corrected chi connectivity index (χ0v) is 69.6. The van der Waals surface area contributed by atoms with E-state index in [1.807, 2.05) is 135 Å². The molecule has 2 saturated carbocycles. The molecule has 6 aromatic rings. The minimum Gasteiger partial charge on any atom is -0.861 e. The summed E-state index contributed by atoms with van der Waals surface area (Å²) in [5, 5.41) is 120. The van der Waals surface area contributed by atoms with E-state index < -0.39 is 53.6 Å². The van der Waals surface area contributed by atoms with Crippen molar-refractivity contribution < 1.29 is 75.2 Å². The van der Waals surface area contributed by atoms with Gasteiger partial charge in [-0.05, 0) is 210 Å². The van der Waals surface area contributed by atoms with Gasteiger partial charge in [0.05, 0.1) is 42.0 Å². The molecule has 4 fully saturated rings. The van der Waals surface area contributed by atoms with Crippen LogP contribution in [0.15, 0.2) is 168 Å². The Morgan fingerprint density at radius 1 is 0.535 bits per heavy atom. The summed E-state index contributed by atoms with van der Waals surface area (Å²) >= 11 is 5.65. The maximum atomic E-state index is 13.4. The Morgan fingerprint density at radius 2 is 0.921 bits per heavy atom. The minimum atomic E-state index is -0.912. The number of nitrogens with zero attached hydrogens (tertiary/aromatic N) is 7. The molecule has 7 aliphatic rings. The summed E-state index contributed by atoms with van der Waals surface area (Å²) in [6, 6.07) is 37.9. The third-order valence-electron chi connectivity index (χ3n) is 22.1. The number of nitrogens with one attached hydrogen (secondary N) is 1. The number of hydrogen-bond donors (Lipinski definition) is 11. The minimum absolute atomic E-state index is 0.0581. The lowest BCUT2D eigenvalue weighted by atomic mass is 9.72. The number of rotatable bonds is 20. The summed E-state index contributed by atoms with van der Waals surface area (Å²) in [6.07, 6.45) is 8.81. The molecule has 25 heteroatoms. The van der Waals surface area contributed by atoms with Gasteiger partial charge in [0.2, 0.25) is 17.7 Å². The smallest absolute Gasteiger partial charge is 0.252 e. The number of aliphatic imine (C=N–C) groups is 5. The predicted molar refractivity (Wildman–Crippen MR) is 449 cm³/mol. The van der Waals surface area contributed by atoms with Gasteiger partial charge in [0.15, 0.2) is 0 Å². The fourth-order valence-electron chi connectivity index (χ4n) is 15.5. The second-order valence-corrected chi connectivity index (χ2v) is 34.5. The van der Waals surface area contributed by atoms with Gasteiger partial charge in [-0.25, -0.2) is 15.0 Å². The first-order valence-electron chi connectivity index (χ1n) is 40.1. The summed E-state index contributed by atoms with van der Waals surface area (Å²) < 4.78 is 16.7. The zero-order valence-electron chi connectivity index (χ0n) is 67.9. The van der Waals surface area contributed by atoms with E-state index in [-0.39, 0.29) is 85.2 Å². The maximum absolute atomic E-state index is 13.4. The zero-order chi connectivity index (χ0) is 82.6. The number of thiol groups is 1. The van der Waals surface area contributed by atoms with Crippen molar-refractivity contribution in [2.24, 2.45) is 48.6 Å². The number of likely N-dealkylation sites (tertiary alicyclic amines) is 2. The van der Waals surface area contributed by atoms with Gasteiger partial charge in [-0.2, -0.15) is 0 Å². The van der Waals surface area contributed by atoms with Gasteiger partial charge in [-0.15, -0.1) is 24.4 Å². The van der Waals surface area contributed by atoms with Crippen LogP contribution < -0.4 is 15.5 Å². The molecule has 14 atom stereocenters. The molecule has 6 aromatic carbocycles. The van der Waals surface area contributed by atoms with E-state index in [4.69, 9.17) is 19.3 Å². The molecule has 1 unspecified atom stereocenters. The predicted octanol–water partition coefficient (Wildman–Crippen LogP) is 10.8. The Hall–Kier alpha value is -8.24. The number of aliphatic hydroxyl groups is 5. The third-order valence-corrected chi connectivity index (χ3v) is 23.6. The number of β-amino-alcohol motifs (C(OH)–C–C–N with tert-alkyl or cyclic N) is 2. The number of carbonyl (C=O) groups is 1. The molecule has 0 radical (unpaired) electrons. The van der Waals surface area contributed by atoms with E-state index in [0.29, 0.717) is 94.5 Å². The third kappa shape index (κ3) is 25.4. The van der Waals surface area contributed by atoms with Gasteiger partial charge in [0, 0.05) is 98.3 Å². The topological polar surface area (TPSA) is 353 Å². The summed E-state index contributed by atoms with van der Waals surface area (Å²) in [4.78, 5) is 41.8. The molecule has 620 valence electrons. The Labute approximate surface area is 682 Å². The second kappa shape index (κ2) is 42.1. The number of phenols is 4. The molecule has 0 bridgehead atoms. The van der Waals surface area contributed by atoms with Gasteiger partial charge in [0.1, 0.15) is 67.0 Å². The van der Waals surface area contributed by atoms with Crippen LogP contribution in [-0.4, -0.2) is 221 Å². The summed E-state index contributed by atoms with van der Waals surface area (Å²) in [6.45, 7) is 23.5. The molecule has 5 heterocycles. The number of carbonyl (C=O) groups excluding carboxylic acids is 1. The first-order chi connectivity index (χ1) is 54.3. The average molecular weight is 1610 g/mol. The Kier molecular flexibility index (Phi) is 33.1. The van der Waals surface area contributed by atoms with E-state index >= 15 is 0 Å². The van der Waals surface area contributed by atoms with Crippen molar-refractivity contribution in [3.05, 3.63) is 178 Å². The normalized spacial score (nSPS) is 23.7. The van der Waals surface area contributed by atoms with Crippen LogP contribution in [0.4, 0.5) is 0 Å². The van der Waals surface area contributed by atoms with Crippen molar-refractivity contribution in [3.8, 4) is 23.0 Å². The molecule has 2 saturated heterocycles. The molecule has 0 aromatic heterocycles. The highest BCUT2D eigenvalue weighted by Gasteiger charge is 2.42. The number of piperidine rings is 2. The average Bonchev–Trinajstić information content (AvgIpc) is 1.13. The van der Waals surface area contributed by atoms with Gasteiger partial charge >= 0.3 is 0 Å². The molecule has 2 aliphatic carbocycles. The lowest BCUT2D eigenvalue weighted by Crippen LogP contribution is -2.59. The number of fused-ring (bicyclic) bond motifs is 2. The summed E-state index contributed by atoms with van der Waals surface area (Å²) in [7, 11) is 0. The number of thioether (sulfide) groups is 1. The molecule has 5 aliphatic heterocycles. The van der Waals surface area contributed by atoms with E-state index in [9.17, 15) is 55.9 Å². The van der Waals surface area contributed by atoms with E-state index in [2.05, 4.69) is 52.7 Å². The van der Waals surface area contributed by atoms with Gasteiger partial charge < -0.3 is 75.7 Å². The van der Waals surface area contributed by atoms with Gasteiger partial charge in [0.25, 0.3) is 5.91 Å². The van der Waals surface area contributed by atoms with Crippen molar-refractivity contribution in [2.45, 2.75) is 228 Å². The number of aliphatic hydroxyl groups excluding tert-OH is 5. The molecular weight excluding hydrogens is 1490 g/mol. The first-order valence-corrected chi connectivity index (χ1v) is 41.6. The Morgan fingerprint density at radius 3 is 1.32 bits per heavy atom. The molecule has 10 N–H and O–H groups in total. The maximum Gasteiger partial charge on any atom is 0.252 e. The molecule has 1 amide bonds. The summed E-state index contributed by atoms with van der Waals surface area (Å²) in [5.41, 5.74) is 4.37. The van der Waals surface area contributed by atoms with Crippen molar-refractivity contribution >= 4 is 59.8 Å². The van der Waals surface area contributed by atoms with Crippen LogP contribution in [0.1, 0.15) is 168 Å². The van der Waals surface area contributed by atoms with Crippen molar-refractivity contribution in [3.63, 3.8) is 0 Å². The van der Waals surface area contributed by atoms with Crippen molar-refractivity contribution in [1.82, 2.24) is 15.1 Å². The van der Waals surface area contributed by atoms with Crippen molar-refractivity contribution in [1.29, 1.82) is 0 Å². The van der Waals surface area contributed by atoms with Crippen LogP contribution >= 0.6 is 24.4 Å². The largest absolute Gasteiger partial charge is 0.861 e. The number of phenolic OH excluding ortho intramolecular Hbond substituents is 4. The SMILES string of the molecule is CC[C@@H](O)C1COC(c2cccc(O)c2C)=N1.Cc1c(O)cccc1C(=O)N[C@@H](CSc1ccccc1)[C@H](O)CN1C[C@H]2CCCC[C@H]2C[C@H]1C([O-])=NC(C)(C)C.Cc1c(O)cccc1C1=N[C@H]([C@H](O)CN2C[C@H]3CCCC[C@H]3C[C@H]2C([O-])=NC(C)(C)C)CO1.Cc1c(O)cccc1C1=N[C@H]([C@H](O)CO)CO1.Sc1ccccc1. The Balaban J connectivity index is 0.000000178. The number of hydrogen-bond acceptors (Lipinski definition) is 24. The Bertz CT molecular complexity index is 4170. The molecule has 114 heavy (non-hydrogen) atoms. The summed E-state index contributed by atoms with van der Waals surface area (Å²) in [5.74, 6) is 4.15. The lowest BCUT2D eigenvalue weighted by Gasteiger charge is -2.49. The van der Waals surface area contributed by atoms with Crippen LogP contribution in [0.25, 0.3) is 0 Å². The fraction of sp³-hybridized carbons (Fsp3) is 0.528. The highest BCUT2D eigenvalue weighted by Crippen LogP contribution is 2.41. The number of amides is 1. The van der Waals surface area contributed by atoms with E-state index in [1.54, 1.807) is 86.3 Å². The van der Waals surface area contributed by atoms with Gasteiger partial charge in [-0.3, -0.25) is 24.6 Å². The van der Waals surface area contributed by atoms with Crippen LogP contribution in [-0.2, 0) is 14.2 Å². The van der Waals surface area contributed by atoms with Crippen LogP contribution in [0.3, 0.4) is 0 Å². The molecular formula is C89H120N8O15S2-2. The monoisotopic (exact) mass is 1600 g/mol. The first kappa shape index (κ1) is 89.7. The number of aromatic hydroxyl groups is 4. The fourth-order valence-corrected chi connectivity index (χ4v) is 16.7. The standard InChI is InChI=1S/C32H45N3O4S.C26H39N3O4.C13H17NO3.C12H15NO4.C6H6S/c1-21-25(15-10-16-28(21)36)30(38)33-26(20-40-24-13-6-5-7-14-24)29(37)19-35-18-23-12-9-8-11-22(23)17-27(35)31(39)34-32(2,3)4;1-16-19(10-7-11-22(16)30)25-27-20(15-33-25)23(31)14-29-13-18-9-6-5-8-17(18)12-21(29)24(32)28-26(2,3)4;1-3-11(15)10-7-17-13(14-10)9-5-4-6-12(16)8(9)2;1-7-8(3-2-4-10(7)15)12-13-9(6-17-12)11(16)5-14;7-6-4-2-1-3-5-6/h5-7,10,13-16,22-23,26-27,29,36-37H,8-9,11-12,17-20H2,1-4H3,(H,33,38)(H,34,39);7,10-11,17-18,20-21,23,30-31H,5-6,8-9,12-15H2,1-4H3,(H,28,32);4-6,10-11,15-16H,3,7H2,1-2H3;2-4,9,11,14-16H,5-6H2,1H3;1-5,7H/p-2/t22-,23+,26-,27-,29+;17-,18+,20-,21-,23+;10?,11-;9-,11+;/m0010./s1. The van der Waals surface area contributed by atoms with E-state index in [1.165, 1.54) is 38.5 Å². The number of ether oxygens (including phenoxy) is 3.